The molecule has 1 heterocycles. The van der Waals surface area contributed by atoms with E-state index in [4.69, 9.17) is 4.74 Å². The summed E-state index contributed by atoms with van der Waals surface area (Å²) in [5, 5.41) is 2.83. The van der Waals surface area contributed by atoms with Gasteiger partial charge in [0, 0.05) is 18.7 Å². The monoisotopic (exact) mass is 276 g/mol. The molecule has 5 heteroatoms. The normalized spacial score (nSPS) is 19.5. The van der Waals surface area contributed by atoms with Crippen LogP contribution in [0.4, 0.5) is 0 Å². The molecule has 1 aliphatic rings. The van der Waals surface area contributed by atoms with E-state index in [0.29, 0.717) is 25.1 Å². The van der Waals surface area contributed by atoms with E-state index in [2.05, 4.69) is 5.32 Å². The molecule has 1 aromatic carbocycles. The first kappa shape index (κ1) is 14.5. The molecule has 1 N–H and O–H groups in total. The molecule has 1 saturated heterocycles. The summed E-state index contributed by atoms with van der Waals surface area (Å²) in [6.45, 7) is 3.55. The molecule has 108 valence electrons. The van der Waals surface area contributed by atoms with Gasteiger partial charge in [-0.2, -0.15) is 0 Å². The third-order valence-corrected chi connectivity index (χ3v) is 3.59. The average molecular weight is 276 g/mol. The Kier molecular flexibility index (Phi) is 4.74. The number of benzene rings is 1. The van der Waals surface area contributed by atoms with E-state index >= 15 is 0 Å². The number of ketones is 1. The van der Waals surface area contributed by atoms with Crippen molar-refractivity contribution in [3.63, 3.8) is 0 Å². The summed E-state index contributed by atoms with van der Waals surface area (Å²) < 4.78 is 5.07. The van der Waals surface area contributed by atoms with Crippen molar-refractivity contribution in [2.24, 2.45) is 0 Å². The minimum Gasteiger partial charge on any atom is -0.497 e. The average Bonchev–Trinajstić information content (AvgIpc) is 2.47. The van der Waals surface area contributed by atoms with E-state index in [-0.39, 0.29) is 24.3 Å². The Labute approximate surface area is 118 Å². The molecule has 1 aliphatic heterocycles. The Morgan fingerprint density at radius 2 is 2.10 bits per heavy atom. The number of piperazine rings is 1. The van der Waals surface area contributed by atoms with Gasteiger partial charge in [0.1, 0.15) is 5.75 Å². The first-order chi connectivity index (χ1) is 9.65. The number of methoxy groups -OCH3 is 1. The Morgan fingerprint density at radius 1 is 1.40 bits per heavy atom. The van der Waals surface area contributed by atoms with Gasteiger partial charge in [-0.15, -0.1) is 0 Å². The fourth-order valence-corrected chi connectivity index (χ4v) is 2.45. The van der Waals surface area contributed by atoms with Crippen LogP contribution >= 0.6 is 0 Å². The van der Waals surface area contributed by atoms with Gasteiger partial charge in [-0.25, -0.2) is 0 Å². The number of nitrogens with one attached hydrogen (secondary N) is 1. The SMILES string of the molecule is CCC1C(=O)NCCN1CC(=O)c1ccc(OC)cc1. The van der Waals surface area contributed by atoms with Gasteiger partial charge in [0.05, 0.1) is 19.7 Å². The molecular formula is C15H20N2O3. The largest absolute Gasteiger partial charge is 0.497 e. The van der Waals surface area contributed by atoms with Crippen molar-refractivity contribution in [2.75, 3.05) is 26.7 Å². The standard InChI is InChI=1S/C15H20N2O3/c1-3-13-15(19)16-8-9-17(13)10-14(18)11-4-6-12(20-2)7-5-11/h4-7,13H,3,8-10H2,1-2H3,(H,16,19). The Hall–Kier alpha value is -1.88. The van der Waals surface area contributed by atoms with Crippen LogP contribution in [-0.2, 0) is 4.79 Å². The van der Waals surface area contributed by atoms with Crippen LogP contribution < -0.4 is 10.1 Å². The molecule has 1 fully saturated rings. The third-order valence-electron chi connectivity index (χ3n) is 3.59. The van der Waals surface area contributed by atoms with Gasteiger partial charge in [-0.05, 0) is 30.7 Å². The number of rotatable bonds is 5. The third kappa shape index (κ3) is 3.17. The number of Topliss-reactive ketones (excluding diaryl/α,β-unsaturated/α-hetero) is 1. The van der Waals surface area contributed by atoms with Crippen molar-refractivity contribution in [1.29, 1.82) is 0 Å². The molecule has 20 heavy (non-hydrogen) atoms. The fraction of sp³-hybridized carbons (Fsp3) is 0.467. The van der Waals surface area contributed by atoms with Crippen molar-refractivity contribution in [2.45, 2.75) is 19.4 Å². The summed E-state index contributed by atoms with van der Waals surface area (Å²) in [6.07, 6.45) is 0.710. The zero-order chi connectivity index (χ0) is 14.5. The lowest BCUT2D eigenvalue weighted by Crippen LogP contribution is -2.56. The Bertz CT molecular complexity index is 484. The summed E-state index contributed by atoms with van der Waals surface area (Å²) in [6, 6.07) is 6.85. The van der Waals surface area contributed by atoms with E-state index in [9.17, 15) is 9.59 Å². The van der Waals surface area contributed by atoms with Crippen molar-refractivity contribution < 1.29 is 14.3 Å². The predicted molar refractivity (Wildman–Crippen MR) is 76.0 cm³/mol. The first-order valence-corrected chi connectivity index (χ1v) is 6.84. The zero-order valence-corrected chi connectivity index (χ0v) is 11.9. The summed E-state index contributed by atoms with van der Waals surface area (Å²) in [4.78, 5) is 26.0. The smallest absolute Gasteiger partial charge is 0.237 e. The van der Waals surface area contributed by atoms with Gasteiger partial charge in [0.15, 0.2) is 5.78 Å². The highest BCUT2D eigenvalue weighted by molar-refractivity contribution is 5.98. The number of hydrogen-bond acceptors (Lipinski definition) is 4. The van der Waals surface area contributed by atoms with Crippen LogP contribution in [0.3, 0.4) is 0 Å². The van der Waals surface area contributed by atoms with E-state index in [1.165, 1.54) is 0 Å². The highest BCUT2D eigenvalue weighted by Crippen LogP contribution is 2.14. The van der Waals surface area contributed by atoms with Crippen LogP contribution in [0.1, 0.15) is 23.7 Å². The lowest BCUT2D eigenvalue weighted by atomic mass is 10.1. The molecule has 0 spiro atoms. The quantitative estimate of drug-likeness (QED) is 0.818. The van der Waals surface area contributed by atoms with Crippen molar-refractivity contribution in [1.82, 2.24) is 10.2 Å². The van der Waals surface area contributed by atoms with Crippen LogP contribution in [0.5, 0.6) is 5.75 Å². The molecule has 5 nitrogen and oxygen atoms in total. The molecular weight excluding hydrogens is 256 g/mol. The van der Waals surface area contributed by atoms with Crippen molar-refractivity contribution in [3.05, 3.63) is 29.8 Å². The van der Waals surface area contributed by atoms with Crippen molar-refractivity contribution >= 4 is 11.7 Å². The van der Waals surface area contributed by atoms with Gasteiger partial charge in [-0.1, -0.05) is 6.92 Å². The molecule has 0 radical (unpaired) electrons. The minimum atomic E-state index is -0.203. The van der Waals surface area contributed by atoms with E-state index in [0.717, 1.165) is 5.75 Å². The second-order valence-corrected chi connectivity index (χ2v) is 4.84. The maximum atomic E-state index is 12.3. The maximum absolute atomic E-state index is 12.3. The fourth-order valence-electron chi connectivity index (χ4n) is 2.45. The Morgan fingerprint density at radius 3 is 2.70 bits per heavy atom. The molecule has 0 bridgehead atoms. The number of carbonyl (C=O) groups is 2. The molecule has 1 unspecified atom stereocenters. The topological polar surface area (TPSA) is 58.6 Å². The molecule has 0 aromatic heterocycles. The van der Waals surface area contributed by atoms with Gasteiger partial charge in [0.25, 0.3) is 0 Å². The van der Waals surface area contributed by atoms with Crippen LogP contribution in [0.25, 0.3) is 0 Å². The maximum Gasteiger partial charge on any atom is 0.237 e. The number of amides is 1. The summed E-state index contributed by atoms with van der Waals surface area (Å²) in [5.74, 6) is 0.771. The summed E-state index contributed by atoms with van der Waals surface area (Å²) in [7, 11) is 1.59. The van der Waals surface area contributed by atoms with Gasteiger partial charge >= 0.3 is 0 Å². The molecule has 1 atom stereocenters. The molecule has 0 saturated carbocycles. The van der Waals surface area contributed by atoms with Gasteiger partial charge in [0.2, 0.25) is 5.91 Å². The first-order valence-electron chi connectivity index (χ1n) is 6.84. The van der Waals surface area contributed by atoms with Crippen LogP contribution in [0.15, 0.2) is 24.3 Å². The highest BCUT2D eigenvalue weighted by Gasteiger charge is 2.29. The lowest BCUT2D eigenvalue weighted by Gasteiger charge is -2.33. The summed E-state index contributed by atoms with van der Waals surface area (Å²) >= 11 is 0. The molecule has 0 aliphatic carbocycles. The molecule has 1 amide bonds. The number of ether oxygens (including phenoxy) is 1. The van der Waals surface area contributed by atoms with Crippen molar-refractivity contribution in [3.8, 4) is 5.75 Å². The van der Waals surface area contributed by atoms with Gasteiger partial charge in [-0.3, -0.25) is 14.5 Å². The minimum absolute atomic E-state index is 0.0151. The van der Waals surface area contributed by atoms with Crippen LogP contribution in [-0.4, -0.2) is 49.4 Å². The summed E-state index contributed by atoms with van der Waals surface area (Å²) in [5.41, 5.74) is 0.645. The second kappa shape index (κ2) is 6.52. The number of carbonyl (C=O) groups excluding carboxylic acids is 2. The predicted octanol–water partition coefficient (Wildman–Crippen LogP) is 1.09. The van der Waals surface area contributed by atoms with E-state index in [1.807, 2.05) is 11.8 Å². The lowest BCUT2D eigenvalue weighted by molar-refractivity contribution is -0.128. The van der Waals surface area contributed by atoms with Crippen LogP contribution in [0.2, 0.25) is 0 Å². The zero-order valence-electron chi connectivity index (χ0n) is 11.9. The van der Waals surface area contributed by atoms with E-state index < -0.39 is 0 Å². The van der Waals surface area contributed by atoms with Crippen LogP contribution in [0, 0.1) is 0 Å². The Balaban J connectivity index is 2.04. The number of nitrogens with zero attached hydrogens (tertiary/aromatic N) is 1. The second-order valence-electron chi connectivity index (χ2n) is 4.84. The number of hydrogen-bond donors (Lipinski definition) is 1. The van der Waals surface area contributed by atoms with E-state index in [1.54, 1.807) is 31.4 Å². The highest BCUT2D eigenvalue weighted by atomic mass is 16.5. The molecule has 2 rings (SSSR count). The van der Waals surface area contributed by atoms with Gasteiger partial charge < -0.3 is 10.1 Å². The molecule has 1 aromatic rings.